The van der Waals surface area contributed by atoms with E-state index in [1.54, 1.807) is 0 Å². The van der Waals surface area contributed by atoms with Crippen molar-refractivity contribution in [1.29, 1.82) is 0 Å². The van der Waals surface area contributed by atoms with E-state index in [1.165, 1.54) is 11.8 Å². The van der Waals surface area contributed by atoms with Gasteiger partial charge in [-0.2, -0.15) is 5.10 Å². The highest BCUT2D eigenvalue weighted by Gasteiger charge is 2.07. The second-order valence-electron chi connectivity index (χ2n) is 3.30. The number of halogens is 1. The van der Waals surface area contributed by atoms with Crippen LogP contribution in [-0.4, -0.2) is 23.2 Å². The SMILES string of the molecule is Br.NC1=NN=C(CCOc2ccccc2)CS1. The molecule has 17 heavy (non-hydrogen) atoms. The van der Waals surface area contributed by atoms with Crippen LogP contribution >= 0.6 is 28.7 Å². The van der Waals surface area contributed by atoms with Crippen LogP contribution in [0.5, 0.6) is 5.75 Å². The van der Waals surface area contributed by atoms with E-state index in [4.69, 9.17) is 10.5 Å². The lowest BCUT2D eigenvalue weighted by Gasteiger charge is -2.09. The van der Waals surface area contributed by atoms with Crippen molar-refractivity contribution in [2.45, 2.75) is 6.42 Å². The molecule has 0 saturated heterocycles. The molecular formula is C11H14BrN3OS. The largest absolute Gasteiger partial charge is 0.493 e. The first-order chi connectivity index (χ1) is 7.84. The summed E-state index contributed by atoms with van der Waals surface area (Å²) in [6.45, 7) is 0.624. The fourth-order valence-electron chi connectivity index (χ4n) is 1.26. The van der Waals surface area contributed by atoms with E-state index >= 15 is 0 Å². The molecule has 1 aliphatic heterocycles. The van der Waals surface area contributed by atoms with Crippen LogP contribution in [-0.2, 0) is 0 Å². The number of thioether (sulfide) groups is 1. The van der Waals surface area contributed by atoms with E-state index in [1.807, 2.05) is 30.3 Å². The van der Waals surface area contributed by atoms with Crippen molar-refractivity contribution in [2.24, 2.45) is 15.9 Å². The van der Waals surface area contributed by atoms with Crippen LogP contribution < -0.4 is 10.5 Å². The molecule has 0 saturated carbocycles. The van der Waals surface area contributed by atoms with Gasteiger partial charge in [0, 0.05) is 12.2 Å². The molecule has 1 aliphatic rings. The van der Waals surface area contributed by atoms with Gasteiger partial charge >= 0.3 is 0 Å². The average molecular weight is 316 g/mol. The molecule has 6 heteroatoms. The van der Waals surface area contributed by atoms with E-state index in [9.17, 15) is 0 Å². The van der Waals surface area contributed by atoms with Crippen LogP contribution in [0.3, 0.4) is 0 Å². The summed E-state index contributed by atoms with van der Waals surface area (Å²) in [6.07, 6.45) is 0.790. The van der Waals surface area contributed by atoms with Crippen LogP contribution in [0.2, 0.25) is 0 Å². The van der Waals surface area contributed by atoms with Crippen molar-refractivity contribution >= 4 is 39.6 Å². The number of hydrogen-bond donors (Lipinski definition) is 1. The first-order valence-electron chi connectivity index (χ1n) is 5.04. The van der Waals surface area contributed by atoms with Crippen molar-refractivity contribution in [1.82, 2.24) is 0 Å². The summed E-state index contributed by atoms with van der Waals surface area (Å²) in [6, 6.07) is 9.75. The third-order valence-corrected chi connectivity index (χ3v) is 2.93. The van der Waals surface area contributed by atoms with Gasteiger partial charge in [-0.3, -0.25) is 0 Å². The second-order valence-corrected chi connectivity index (χ2v) is 4.30. The number of rotatable bonds is 4. The van der Waals surface area contributed by atoms with Crippen molar-refractivity contribution < 1.29 is 4.74 Å². The summed E-state index contributed by atoms with van der Waals surface area (Å²) >= 11 is 1.51. The van der Waals surface area contributed by atoms with Crippen molar-refractivity contribution in [3.05, 3.63) is 30.3 Å². The Morgan fingerprint density at radius 3 is 2.65 bits per heavy atom. The van der Waals surface area contributed by atoms with Gasteiger partial charge in [-0.25, -0.2) is 0 Å². The Balaban J connectivity index is 0.00000144. The van der Waals surface area contributed by atoms with Gasteiger partial charge in [-0.1, -0.05) is 30.0 Å². The zero-order valence-electron chi connectivity index (χ0n) is 9.20. The summed E-state index contributed by atoms with van der Waals surface area (Å²) in [7, 11) is 0. The summed E-state index contributed by atoms with van der Waals surface area (Å²) < 4.78 is 5.57. The van der Waals surface area contributed by atoms with Crippen molar-refractivity contribution in [2.75, 3.05) is 12.4 Å². The molecular weight excluding hydrogens is 302 g/mol. The first-order valence-corrected chi connectivity index (χ1v) is 6.02. The lowest BCUT2D eigenvalue weighted by molar-refractivity contribution is 0.329. The monoisotopic (exact) mass is 315 g/mol. The molecule has 0 bridgehead atoms. The zero-order valence-corrected chi connectivity index (χ0v) is 11.7. The lowest BCUT2D eigenvalue weighted by Crippen LogP contribution is -2.17. The molecule has 0 radical (unpaired) electrons. The number of para-hydroxylation sites is 1. The summed E-state index contributed by atoms with van der Waals surface area (Å²) in [4.78, 5) is 0. The smallest absolute Gasteiger partial charge is 0.180 e. The minimum Gasteiger partial charge on any atom is -0.493 e. The van der Waals surface area contributed by atoms with E-state index in [0.29, 0.717) is 11.8 Å². The average Bonchev–Trinajstić information content (AvgIpc) is 2.33. The number of amidine groups is 1. The Hall–Kier alpha value is -1.01. The Morgan fingerprint density at radius 2 is 2.00 bits per heavy atom. The van der Waals surface area contributed by atoms with E-state index in [0.717, 1.165) is 23.6 Å². The fourth-order valence-corrected chi connectivity index (χ4v) is 1.88. The van der Waals surface area contributed by atoms with Crippen LogP contribution in [0, 0.1) is 0 Å². The predicted octanol–water partition coefficient (Wildman–Crippen LogP) is 2.45. The van der Waals surface area contributed by atoms with Gasteiger partial charge < -0.3 is 10.5 Å². The maximum Gasteiger partial charge on any atom is 0.180 e. The highest BCUT2D eigenvalue weighted by molar-refractivity contribution is 8.93. The normalized spacial score (nSPS) is 14.4. The van der Waals surface area contributed by atoms with E-state index < -0.39 is 0 Å². The number of hydrogen-bond acceptors (Lipinski definition) is 5. The van der Waals surface area contributed by atoms with E-state index in [-0.39, 0.29) is 17.0 Å². The van der Waals surface area contributed by atoms with Crippen molar-refractivity contribution in [3.63, 3.8) is 0 Å². The molecule has 2 rings (SSSR count). The zero-order chi connectivity index (χ0) is 11.2. The number of nitrogens with two attached hydrogens (primary N) is 1. The Labute approximate surface area is 115 Å². The Kier molecular flexibility index (Phi) is 6.07. The quantitative estimate of drug-likeness (QED) is 0.928. The lowest BCUT2D eigenvalue weighted by atomic mass is 10.3. The third-order valence-electron chi connectivity index (χ3n) is 2.08. The van der Waals surface area contributed by atoms with E-state index in [2.05, 4.69) is 10.2 Å². The fraction of sp³-hybridized carbons (Fsp3) is 0.273. The summed E-state index contributed by atoms with van der Waals surface area (Å²) in [5.74, 6) is 1.70. The molecule has 0 unspecified atom stereocenters. The molecule has 1 aromatic carbocycles. The summed E-state index contributed by atoms with van der Waals surface area (Å²) in [5.41, 5.74) is 6.51. The minimum absolute atomic E-state index is 0. The molecule has 1 aromatic rings. The molecule has 0 aromatic heterocycles. The summed E-state index contributed by atoms with van der Waals surface area (Å²) in [5, 5.41) is 8.38. The topological polar surface area (TPSA) is 60.0 Å². The van der Waals surface area contributed by atoms with Gasteiger partial charge in [0.2, 0.25) is 0 Å². The number of benzene rings is 1. The van der Waals surface area contributed by atoms with Crippen LogP contribution in [0.15, 0.2) is 40.5 Å². The molecule has 4 nitrogen and oxygen atoms in total. The Morgan fingerprint density at radius 1 is 1.24 bits per heavy atom. The Bertz CT molecular complexity index is 408. The van der Waals surface area contributed by atoms with Crippen molar-refractivity contribution in [3.8, 4) is 5.75 Å². The molecule has 0 spiro atoms. The standard InChI is InChI=1S/C11H13N3OS.BrH/c12-11-14-13-9(8-16-11)6-7-15-10-4-2-1-3-5-10;/h1-5H,6-8H2,(H2,12,14);1H. The van der Waals surface area contributed by atoms with Gasteiger partial charge in [0.1, 0.15) is 5.75 Å². The predicted molar refractivity (Wildman–Crippen MR) is 78.4 cm³/mol. The molecule has 92 valence electrons. The van der Waals surface area contributed by atoms with Crippen LogP contribution in [0.4, 0.5) is 0 Å². The molecule has 0 aliphatic carbocycles. The second kappa shape index (κ2) is 7.34. The molecule has 0 fully saturated rings. The molecule has 0 atom stereocenters. The molecule has 0 amide bonds. The van der Waals surface area contributed by atoms with Crippen LogP contribution in [0.25, 0.3) is 0 Å². The van der Waals surface area contributed by atoms with Gasteiger partial charge in [0.25, 0.3) is 0 Å². The van der Waals surface area contributed by atoms with Gasteiger partial charge in [0.15, 0.2) is 5.17 Å². The number of ether oxygens (including phenoxy) is 1. The maximum absolute atomic E-state index is 5.57. The van der Waals surface area contributed by atoms with Gasteiger partial charge in [-0.05, 0) is 12.1 Å². The van der Waals surface area contributed by atoms with Gasteiger partial charge in [0.05, 0.1) is 12.3 Å². The maximum atomic E-state index is 5.57. The molecule has 2 N–H and O–H groups in total. The third kappa shape index (κ3) is 4.79. The number of nitrogens with zero attached hydrogens (tertiary/aromatic N) is 2. The highest BCUT2D eigenvalue weighted by Crippen LogP contribution is 2.11. The molecule has 1 heterocycles. The minimum atomic E-state index is 0. The van der Waals surface area contributed by atoms with Gasteiger partial charge in [-0.15, -0.1) is 22.1 Å². The highest BCUT2D eigenvalue weighted by atomic mass is 79.9. The van der Waals surface area contributed by atoms with Crippen LogP contribution in [0.1, 0.15) is 6.42 Å². The first kappa shape index (κ1) is 14.1.